The molecule has 0 aliphatic carbocycles. The van der Waals surface area contributed by atoms with Crippen LogP contribution in [0.4, 0.5) is 4.39 Å². The third-order valence-electron chi connectivity index (χ3n) is 3.94. The Hall–Kier alpha value is -3.49. The predicted octanol–water partition coefficient (Wildman–Crippen LogP) is 0.959. The molecule has 3 aromatic rings. The van der Waals surface area contributed by atoms with Crippen LogP contribution in [0.1, 0.15) is 22.3 Å². The average molecular weight is 358 g/mol. The normalized spacial score (nSPS) is 11.0. The molecule has 3 N–H and O–H groups in total. The number of pyridine rings is 1. The van der Waals surface area contributed by atoms with E-state index in [-0.39, 0.29) is 30.7 Å². The van der Waals surface area contributed by atoms with Gasteiger partial charge in [0.15, 0.2) is 5.65 Å². The summed E-state index contributed by atoms with van der Waals surface area (Å²) in [5.41, 5.74) is 5.85. The van der Waals surface area contributed by atoms with E-state index in [1.54, 1.807) is 12.1 Å². The minimum atomic E-state index is -1.18. The summed E-state index contributed by atoms with van der Waals surface area (Å²) in [6.07, 6.45) is 1.08. The number of aromatic carboxylic acids is 1. The second-order valence-electron chi connectivity index (χ2n) is 5.74. The maximum atomic E-state index is 13.1. The molecular formula is C17H15FN4O4. The summed E-state index contributed by atoms with van der Waals surface area (Å²) in [5, 5.41) is 9.15. The molecule has 3 rings (SSSR count). The van der Waals surface area contributed by atoms with Crippen LogP contribution >= 0.6 is 0 Å². The van der Waals surface area contributed by atoms with Crippen LogP contribution in [-0.2, 0) is 17.9 Å². The Morgan fingerprint density at radius 2 is 1.88 bits per heavy atom. The maximum Gasteiger partial charge on any atom is 0.337 e. The van der Waals surface area contributed by atoms with Crippen molar-refractivity contribution in [2.24, 2.45) is 5.73 Å². The molecule has 0 unspecified atom stereocenters. The fourth-order valence-corrected chi connectivity index (χ4v) is 2.66. The summed E-state index contributed by atoms with van der Waals surface area (Å²) in [4.78, 5) is 39.1. The van der Waals surface area contributed by atoms with Gasteiger partial charge in [0.05, 0.1) is 17.6 Å². The topological polar surface area (TPSA) is 120 Å². The summed E-state index contributed by atoms with van der Waals surface area (Å²) in [6.45, 7) is 0.129. The molecule has 0 fully saturated rings. The van der Waals surface area contributed by atoms with Crippen LogP contribution in [0.5, 0.6) is 0 Å². The highest BCUT2D eigenvalue weighted by atomic mass is 19.1. The lowest BCUT2D eigenvalue weighted by Gasteiger charge is -2.03. The highest BCUT2D eigenvalue weighted by molar-refractivity contribution is 5.91. The number of aromatic nitrogens is 3. The van der Waals surface area contributed by atoms with E-state index in [9.17, 15) is 18.8 Å². The first kappa shape index (κ1) is 17.3. The quantitative estimate of drug-likeness (QED) is 0.680. The molecule has 0 radical (unpaired) electrons. The molecule has 0 aliphatic heterocycles. The van der Waals surface area contributed by atoms with E-state index in [0.717, 1.165) is 6.20 Å². The molecule has 8 nitrogen and oxygen atoms in total. The SMILES string of the molecule is NC(=O)CCn1c(=O)n(Cc2ccc(F)cc2)c2ncc(C(=O)O)cc21. The van der Waals surface area contributed by atoms with Gasteiger partial charge in [-0.1, -0.05) is 12.1 Å². The minimum Gasteiger partial charge on any atom is -0.478 e. The van der Waals surface area contributed by atoms with E-state index >= 15 is 0 Å². The van der Waals surface area contributed by atoms with Crippen molar-refractivity contribution in [2.75, 3.05) is 0 Å². The van der Waals surface area contributed by atoms with E-state index in [2.05, 4.69) is 4.98 Å². The van der Waals surface area contributed by atoms with Gasteiger partial charge in [-0.2, -0.15) is 0 Å². The first-order valence-electron chi connectivity index (χ1n) is 7.72. The summed E-state index contributed by atoms with van der Waals surface area (Å²) in [6, 6.07) is 6.97. The molecule has 1 aromatic carbocycles. The second kappa shape index (κ2) is 6.79. The molecule has 0 atom stereocenters. The lowest BCUT2D eigenvalue weighted by atomic mass is 10.2. The van der Waals surface area contributed by atoms with Gasteiger partial charge in [0, 0.05) is 19.2 Å². The summed E-state index contributed by atoms with van der Waals surface area (Å²) >= 11 is 0. The molecule has 2 aromatic heterocycles. The zero-order valence-electron chi connectivity index (χ0n) is 13.6. The third kappa shape index (κ3) is 3.32. The standard InChI is InChI=1S/C17H15FN4O4/c18-12-3-1-10(2-4-12)9-22-15-13(7-11(8-20-15)16(24)25)21(17(22)26)6-5-14(19)23/h1-4,7-8H,5-6,9H2,(H2,19,23)(H,24,25). The molecule has 0 bridgehead atoms. The molecular weight excluding hydrogens is 343 g/mol. The number of carbonyl (C=O) groups excluding carboxylic acids is 1. The van der Waals surface area contributed by atoms with Crippen LogP contribution in [0, 0.1) is 5.82 Å². The van der Waals surface area contributed by atoms with Gasteiger partial charge in [0.2, 0.25) is 5.91 Å². The lowest BCUT2D eigenvalue weighted by molar-refractivity contribution is -0.118. The number of rotatable bonds is 6. The second-order valence-corrected chi connectivity index (χ2v) is 5.74. The first-order chi connectivity index (χ1) is 12.4. The fourth-order valence-electron chi connectivity index (χ4n) is 2.66. The zero-order valence-corrected chi connectivity index (χ0v) is 13.6. The van der Waals surface area contributed by atoms with Crippen molar-refractivity contribution in [2.45, 2.75) is 19.5 Å². The van der Waals surface area contributed by atoms with Gasteiger partial charge < -0.3 is 10.8 Å². The fraction of sp³-hybridized carbons (Fsp3) is 0.176. The third-order valence-corrected chi connectivity index (χ3v) is 3.94. The molecule has 9 heteroatoms. The Labute approximate surface area is 146 Å². The van der Waals surface area contributed by atoms with Crippen molar-refractivity contribution in [3.05, 3.63) is 64.0 Å². The first-order valence-corrected chi connectivity index (χ1v) is 7.72. The van der Waals surface area contributed by atoms with Crippen LogP contribution in [0.25, 0.3) is 11.2 Å². The van der Waals surface area contributed by atoms with Gasteiger partial charge in [0.1, 0.15) is 5.82 Å². The Bertz CT molecular complexity index is 1050. The lowest BCUT2D eigenvalue weighted by Crippen LogP contribution is -2.26. The maximum absolute atomic E-state index is 13.1. The van der Waals surface area contributed by atoms with E-state index in [1.807, 2.05) is 0 Å². The number of hydrogen-bond donors (Lipinski definition) is 2. The van der Waals surface area contributed by atoms with Crippen LogP contribution < -0.4 is 11.4 Å². The number of imidazole rings is 1. The number of carboxylic acid groups (broad SMARTS) is 1. The van der Waals surface area contributed by atoms with Crippen molar-refractivity contribution < 1.29 is 19.1 Å². The predicted molar refractivity (Wildman–Crippen MR) is 90.3 cm³/mol. The molecule has 0 saturated carbocycles. The van der Waals surface area contributed by atoms with Crippen LogP contribution in [0.15, 0.2) is 41.3 Å². The highest BCUT2D eigenvalue weighted by Crippen LogP contribution is 2.15. The molecule has 134 valence electrons. The summed E-state index contributed by atoms with van der Waals surface area (Å²) in [5.74, 6) is -2.16. The Balaban J connectivity index is 2.13. The Morgan fingerprint density at radius 3 is 2.50 bits per heavy atom. The van der Waals surface area contributed by atoms with Gasteiger partial charge >= 0.3 is 11.7 Å². The van der Waals surface area contributed by atoms with Crippen LogP contribution in [0.2, 0.25) is 0 Å². The van der Waals surface area contributed by atoms with Crippen LogP contribution in [-0.4, -0.2) is 31.1 Å². The largest absolute Gasteiger partial charge is 0.478 e. The summed E-state index contributed by atoms with van der Waals surface area (Å²) < 4.78 is 15.7. The Morgan fingerprint density at radius 1 is 1.19 bits per heavy atom. The molecule has 0 spiro atoms. The molecule has 2 heterocycles. The van der Waals surface area contributed by atoms with Crippen molar-refractivity contribution in [3.8, 4) is 0 Å². The number of hydrogen-bond acceptors (Lipinski definition) is 4. The number of nitrogens with zero attached hydrogens (tertiary/aromatic N) is 3. The van der Waals surface area contributed by atoms with Gasteiger partial charge in [-0.15, -0.1) is 0 Å². The number of halogens is 1. The minimum absolute atomic E-state index is 0.00579. The smallest absolute Gasteiger partial charge is 0.337 e. The van der Waals surface area contributed by atoms with Gasteiger partial charge in [-0.05, 0) is 23.8 Å². The van der Waals surface area contributed by atoms with Crippen LogP contribution in [0.3, 0.4) is 0 Å². The van der Waals surface area contributed by atoms with E-state index < -0.39 is 23.4 Å². The van der Waals surface area contributed by atoms with Crippen molar-refractivity contribution >= 4 is 23.0 Å². The van der Waals surface area contributed by atoms with Crippen molar-refractivity contribution in [1.82, 2.24) is 14.1 Å². The van der Waals surface area contributed by atoms with Crippen molar-refractivity contribution in [3.63, 3.8) is 0 Å². The number of aryl methyl sites for hydroxylation is 1. The van der Waals surface area contributed by atoms with Gasteiger partial charge in [-0.3, -0.25) is 13.9 Å². The highest BCUT2D eigenvalue weighted by Gasteiger charge is 2.17. The number of primary amides is 1. The number of amides is 1. The number of carboxylic acids is 1. The number of nitrogens with two attached hydrogens (primary N) is 1. The monoisotopic (exact) mass is 358 g/mol. The van der Waals surface area contributed by atoms with Gasteiger partial charge in [-0.25, -0.2) is 19.0 Å². The molecule has 1 amide bonds. The number of fused-ring (bicyclic) bond motifs is 1. The van der Waals surface area contributed by atoms with E-state index in [0.29, 0.717) is 11.1 Å². The molecule has 0 saturated heterocycles. The zero-order chi connectivity index (χ0) is 18.8. The molecule has 0 aliphatic rings. The number of benzene rings is 1. The summed E-state index contributed by atoms with van der Waals surface area (Å²) in [7, 11) is 0. The molecule has 26 heavy (non-hydrogen) atoms. The Kier molecular flexibility index (Phi) is 4.53. The van der Waals surface area contributed by atoms with E-state index in [4.69, 9.17) is 10.8 Å². The average Bonchev–Trinajstić information content (AvgIpc) is 2.86. The van der Waals surface area contributed by atoms with Gasteiger partial charge in [0.25, 0.3) is 0 Å². The number of carbonyl (C=O) groups is 2. The van der Waals surface area contributed by atoms with Crippen molar-refractivity contribution in [1.29, 1.82) is 0 Å². The van der Waals surface area contributed by atoms with E-state index in [1.165, 1.54) is 27.3 Å².